The first kappa shape index (κ1) is 12.0. The highest BCUT2D eigenvalue weighted by atomic mass is 16.2. The van der Waals surface area contributed by atoms with Crippen molar-refractivity contribution in [2.24, 2.45) is 0 Å². The number of rotatable bonds is 4. The lowest BCUT2D eigenvalue weighted by atomic mass is 10.1. The van der Waals surface area contributed by atoms with Crippen molar-refractivity contribution in [2.75, 3.05) is 0 Å². The lowest BCUT2D eigenvalue weighted by molar-refractivity contribution is -0.128. The van der Waals surface area contributed by atoms with Crippen molar-refractivity contribution in [3.05, 3.63) is 11.6 Å². The lowest BCUT2D eigenvalue weighted by Crippen LogP contribution is -2.34. The molecule has 0 aliphatic heterocycles. The molecule has 0 aromatic carbocycles. The van der Waals surface area contributed by atoms with E-state index in [4.69, 9.17) is 0 Å². The molecule has 1 N–H and O–H groups in total. The van der Waals surface area contributed by atoms with Gasteiger partial charge in [0.25, 0.3) is 0 Å². The summed E-state index contributed by atoms with van der Waals surface area (Å²) in [6.45, 7) is 3.78. The second-order valence-corrected chi connectivity index (χ2v) is 3.94. The van der Waals surface area contributed by atoms with Crippen molar-refractivity contribution >= 4 is 11.7 Å². The van der Waals surface area contributed by atoms with E-state index in [1.165, 1.54) is 5.57 Å². The third-order valence-corrected chi connectivity index (χ3v) is 2.86. The first-order valence-electron chi connectivity index (χ1n) is 5.63. The van der Waals surface area contributed by atoms with Gasteiger partial charge in [-0.25, -0.2) is 0 Å². The van der Waals surface area contributed by atoms with Gasteiger partial charge in [0.05, 0.1) is 12.5 Å². The zero-order chi connectivity index (χ0) is 11.3. The first-order chi connectivity index (χ1) is 7.17. The monoisotopic (exact) mass is 209 g/mol. The molecule has 1 saturated carbocycles. The molecule has 0 spiro atoms. The molecule has 0 radical (unpaired) electrons. The van der Waals surface area contributed by atoms with Gasteiger partial charge in [0.2, 0.25) is 5.91 Å². The molecule has 1 amide bonds. The van der Waals surface area contributed by atoms with E-state index in [9.17, 15) is 9.59 Å². The molecular formula is C12H19NO2. The van der Waals surface area contributed by atoms with Crippen molar-refractivity contribution in [3.8, 4) is 0 Å². The summed E-state index contributed by atoms with van der Waals surface area (Å²) < 4.78 is 0. The second-order valence-electron chi connectivity index (χ2n) is 3.94. The Morgan fingerprint density at radius 1 is 1.53 bits per heavy atom. The van der Waals surface area contributed by atoms with Crippen molar-refractivity contribution in [3.63, 3.8) is 0 Å². The number of hydrogen-bond donors (Lipinski definition) is 1. The molecular weight excluding hydrogens is 190 g/mol. The molecule has 1 atom stereocenters. The molecule has 0 saturated heterocycles. The van der Waals surface area contributed by atoms with Gasteiger partial charge in [-0.15, -0.1) is 0 Å². The summed E-state index contributed by atoms with van der Waals surface area (Å²) in [7, 11) is 0. The fourth-order valence-electron chi connectivity index (χ4n) is 1.93. The maximum absolute atomic E-state index is 11.5. The molecule has 1 fully saturated rings. The van der Waals surface area contributed by atoms with Crippen LogP contribution in [-0.2, 0) is 9.59 Å². The van der Waals surface area contributed by atoms with Gasteiger partial charge in [-0.05, 0) is 26.2 Å². The third kappa shape index (κ3) is 3.50. The molecule has 1 unspecified atom stereocenters. The van der Waals surface area contributed by atoms with E-state index in [1.807, 2.05) is 6.92 Å². The van der Waals surface area contributed by atoms with Crippen LogP contribution in [0.15, 0.2) is 11.6 Å². The van der Waals surface area contributed by atoms with Crippen molar-refractivity contribution in [1.82, 2.24) is 5.32 Å². The highest BCUT2D eigenvalue weighted by Crippen LogP contribution is 2.24. The molecule has 0 heterocycles. The van der Waals surface area contributed by atoms with Gasteiger partial charge >= 0.3 is 0 Å². The van der Waals surface area contributed by atoms with Gasteiger partial charge in [-0.2, -0.15) is 0 Å². The number of carbonyl (C=O) groups excluding carboxylic acids is 2. The Morgan fingerprint density at radius 3 is 2.87 bits per heavy atom. The first-order valence-corrected chi connectivity index (χ1v) is 5.63. The molecule has 1 aliphatic rings. The minimum Gasteiger partial charge on any atom is -0.349 e. The number of hydrogen-bond acceptors (Lipinski definition) is 2. The average Bonchev–Trinajstić information content (AvgIpc) is 2.64. The van der Waals surface area contributed by atoms with E-state index in [0.717, 1.165) is 19.3 Å². The highest BCUT2D eigenvalue weighted by molar-refractivity contribution is 5.98. The van der Waals surface area contributed by atoms with Crippen LogP contribution in [0.1, 0.15) is 46.0 Å². The molecule has 0 aromatic rings. The zero-order valence-electron chi connectivity index (χ0n) is 9.51. The minimum absolute atomic E-state index is 0.00697. The average molecular weight is 209 g/mol. The molecule has 1 rings (SSSR count). The maximum Gasteiger partial charge on any atom is 0.227 e. The van der Waals surface area contributed by atoms with Crippen LogP contribution >= 0.6 is 0 Å². The molecule has 0 bridgehead atoms. The molecule has 3 nitrogen and oxygen atoms in total. The quantitative estimate of drug-likeness (QED) is 0.568. The van der Waals surface area contributed by atoms with E-state index in [0.29, 0.717) is 6.42 Å². The summed E-state index contributed by atoms with van der Waals surface area (Å²) in [5, 5.41) is 2.92. The third-order valence-electron chi connectivity index (χ3n) is 2.86. The number of nitrogens with one attached hydrogen (secondary N) is 1. The largest absolute Gasteiger partial charge is 0.349 e. The maximum atomic E-state index is 11.5. The number of carbonyl (C=O) groups is 2. The number of allylic oxidation sites excluding steroid dienone is 1. The van der Waals surface area contributed by atoms with Crippen LogP contribution in [-0.4, -0.2) is 17.7 Å². The van der Waals surface area contributed by atoms with Gasteiger partial charge in [-0.3, -0.25) is 9.59 Å². The second kappa shape index (κ2) is 5.69. The molecule has 3 heteroatoms. The van der Waals surface area contributed by atoms with Crippen LogP contribution in [0.25, 0.3) is 0 Å². The summed E-state index contributed by atoms with van der Waals surface area (Å²) in [6, 6.07) is 0.173. The molecule has 15 heavy (non-hydrogen) atoms. The standard InChI is InChI=1S/C12H19NO2/c1-3-9-6-5-7-11(9)13-12(15)8-10(14)4-2/h3,11H,4-8H2,1-2H3,(H,13,15)/b9-3+. The van der Waals surface area contributed by atoms with Crippen LogP contribution in [0.3, 0.4) is 0 Å². The van der Waals surface area contributed by atoms with Gasteiger partial charge in [0.15, 0.2) is 0 Å². The summed E-state index contributed by atoms with van der Waals surface area (Å²) in [5.74, 6) is -0.124. The fourth-order valence-corrected chi connectivity index (χ4v) is 1.93. The van der Waals surface area contributed by atoms with Crippen molar-refractivity contribution in [2.45, 2.75) is 52.0 Å². The molecule has 84 valence electrons. The predicted molar refractivity (Wildman–Crippen MR) is 59.5 cm³/mol. The Labute approximate surface area is 90.9 Å². The van der Waals surface area contributed by atoms with E-state index >= 15 is 0 Å². The number of amides is 1. The van der Waals surface area contributed by atoms with Crippen molar-refractivity contribution in [1.29, 1.82) is 0 Å². The minimum atomic E-state index is -0.131. The zero-order valence-corrected chi connectivity index (χ0v) is 9.51. The molecule has 1 aliphatic carbocycles. The SMILES string of the molecule is C/C=C1\CCCC1NC(=O)CC(=O)CC. The topological polar surface area (TPSA) is 46.2 Å². The van der Waals surface area contributed by atoms with E-state index in [1.54, 1.807) is 6.92 Å². The Kier molecular flexibility index (Phi) is 4.53. The van der Waals surface area contributed by atoms with Crippen LogP contribution < -0.4 is 5.32 Å². The van der Waals surface area contributed by atoms with E-state index in [2.05, 4.69) is 11.4 Å². The van der Waals surface area contributed by atoms with Gasteiger partial charge in [0.1, 0.15) is 5.78 Å². The Morgan fingerprint density at radius 2 is 2.27 bits per heavy atom. The highest BCUT2D eigenvalue weighted by Gasteiger charge is 2.22. The lowest BCUT2D eigenvalue weighted by Gasteiger charge is -2.13. The van der Waals surface area contributed by atoms with Crippen LogP contribution in [0.2, 0.25) is 0 Å². The summed E-state index contributed by atoms with van der Waals surface area (Å²) in [4.78, 5) is 22.5. The summed E-state index contributed by atoms with van der Waals surface area (Å²) in [5.41, 5.74) is 1.30. The van der Waals surface area contributed by atoms with Gasteiger partial charge < -0.3 is 5.32 Å². The predicted octanol–water partition coefficient (Wildman–Crippen LogP) is 1.97. The summed E-state index contributed by atoms with van der Waals surface area (Å²) in [6.07, 6.45) is 5.75. The number of Topliss-reactive ketones (excluding diaryl/α,β-unsaturated/α-hetero) is 1. The van der Waals surface area contributed by atoms with E-state index < -0.39 is 0 Å². The normalized spacial score (nSPS) is 23.1. The van der Waals surface area contributed by atoms with Gasteiger partial charge in [-0.1, -0.05) is 18.6 Å². The van der Waals surface area contributed by atoms with Crippen molar-refractivity contribution < 1.29 is 9.59 Å². The molecule has 0 aromatic heterocycles. The van der Waals surface area contributed by atoms with Crippen LogP contribution in [0.4, 0.5) is 0 Å². The van der Waals surface area contributed by atoms with Crippen LogP contribution in [0.5, 0.6) is 0 Å². The van der Waals surface area contributed by atoms with E-state index in [-0.39, 0.29) is 24.2 Å². The Hall–Kier alpha value is -1.12. The summed E-state index contributed by atoms with van der Waals surface area (Å²) >= 11 is 0. The Balaban J connectivity index is 2.41. The Bertz CT molecular complexity index is 281. The number of ketones is 1. The van der Waals surface area contributed by atoms with Gasteiger partial charge in [0, 0.05) is 6.42 Å². The fraction of sp³-hybridized carbons (Fsp3) is 0.667. The van der Waals surface area contributed by atoms with Crippen LogP contribution in [0, 0.1) is 0 Å². The smallest absolute Gasteiger partial charge is 0.227 e.